The highest BCUT2D eigenvalue weighted by molar-refractivity contribution is 7.14. The lowest BCUT2D eigenvalue weighted by Crippen LogP contribution is -2.52. The molecule has 0 atom stereocenters. The van der Waals surface area contributed by atoms with Crippen molar-refractivity contribution >= 4 is 28.0 Å². The summed E-state index contributed by atoms with van der Waals surface area (Å²) in [5, 5.41) is 21.5. The van der Waals surface area contributed by atoms with Gasteiger partial charge in [0.25, 0.3) is 0 Å². The fourth-order valence-electron chi connectivity index (χ4n) is 2.84. The van der Waals surface area contributed by atoms with Crippen LogP contribution < -0.4 is 10.2 Å². The van der Waals surface area contributed by atoms with Crippen LogP contribution in [0.25, 0.3) is 0 Å². The Labute approximate surface area is 156 Å². The van der Waals surface area contributed by atoms with Crippen molar-refractivity contribution in [1.29, 1.82) is 0 Å². The SMILES string of the molecule is CCNC(=NCCn1cc([N+](=O)[O-])cn1)N1CCN(c2cccs2)CC1. The third-order valence-corrected chi connectivity index (χ3v) is 5.08. The average Bonchev–Trinajstić information content (AvgIpc) is 3.33. The molecular formula is C16H23N7O2S. The maximum atomic E-state index is 10.7. The average molecular weight is 377 g/mol. The second-order valence-electron chi connectivity index (χ2n) is 5.88. The summed E-state index contributed by atoms with van der Waals surface area (Å²) in [4.78, 5) is 19.6. The molecule has 1 N–H and O–H groups in total. The van der Waals surface area contributed by atoms with Gasteiger partial charge in [-0.3, -0.25) is 19.8 Å². The predicted octanol–water partition coefficient (Wildman–Crippen LogP) is 1.64. The maximum Gasteiger partial charge on any atom is 0.306 e. The van der Waals surface area contributed by atoms with Crippen molar-refractivity contribution in [1.82, 2.24) is 20.0 Å². The van der Waals surface area contributed by atoms with Gasteiger partial charge in [0.05, 0.1) is 23.0 Å². The number of nitro groups is 1. The number of aromatic nitrogens is 2. The lowest BCUT2D eigenvalue weighted by molar-refractivity contribution is -0.385. The smallest absolute Gasteiger partial charge is 0.306 e. The molecule has 0 spiro atoms. The molecule has 9 nitrogen and oxygen atoms in total. The van der Waals surface area contributed by atoms with Crippen molar-refractivity contribution in [3.8, 4) is 0 Å². The summed E-state index contributed by atoms with van der Waals surface area (Å²) >= 11 is 1.77. The predicted molar refractivity (Wildman–Crippen MR) is 103 cm³/mol. The third kappa shape index (κ3) is 4.51. The topological polar surface area (TPSA) is 91.8 Å². The Bertz CT molecular complexity index is 736. The van der Waals surface area contributed by atoms with Gasteiger partial charge in [-0.05, 0) is 24.4 Å². The molecule has 1 fully saturated rings. The van der Waals surface area contributed by atoms with Gasteiger partial charge in [0.1, 0.15) is 12.4 Å². The zero-order valence-corrected chi connectivity index (χ0v) is 15.6. The summed E-state index contributed by atoms with van der Waals surface area (Å²) < 4.78 is 1.56. The Morgan fingerprint density at radius 3 is 2.85 bits per heavy atom. The van der Waals surface area contributed by atoms with Gasteiger partial charge in [-0.1, -0.05) is 0 Å². The highest BCUT2D eigenvalue weighted by Crippen LogP contribution is 2.22. The van der Waals surface area contributed by atoms with Crippen molar-refractivity contribution in [2.45, 2.75) is 13.5 Å². The molecule has 0 radical (unpaired) electrons. The van der Waals surface area contributed by atoms with Crippen LogP contribution in [-0.2, 0) is 6.54 Å². The number of hydrogen-bond acceptors (Lipinski definition) is 6. The standard InChI is InChI=1S/C16H23N7O2S/c1-2-17-16(18-5-6-22-13-14(12-19-22)23(24)25)21-9-7-20(8-10-21)15-4-3-11-26-15/h3-4,11-13H,2,5-10H2,1H3,(H,17,18). The van der Waals surface area contributed by atoms with Crippen molar-refractivity contribution in [3.63, 3.8) is 0 Å². The Morgan fingerprint density at radius 2 is 2.23 bits per heavy atom. The fraction of sp³-hybridized carbons (Fsp3) is 0.500. The molecule has 0 amide bonds. The molecule has 0 saturated carbocycles. The van der Waals surface area contributed by atoms with Gasteiger partial charge in [-0.15, -0.1) is 11.3 Å². The van der Waals surface area contributed by atoms with Gasteiger partial charge < -0.3 is 15.1 Å². The van der Waals surface area contributed by atoms with Gasteiger partial charge in [0, 0.05) is 32.7 Å². The number of anilines is 1. The Kier molecular flexibility index (Phi) is 6.05. The van der Waals surface area contributed by atoms with E-state index < -0.39 is 4.92 Å². The number of nitrogens with zero attached hydrogens (tertiary/aromatic N) is 6. The van der Waals surface area contributed by atoms with Crippen molar-refractivity contribution < 1.29 is 4.92 Å². The minimum Gasteiger partial charge on any atom is -0.360 e. The zero-order valence-electron chi connectivity index (χ0n) is 14.7. The van der Waals surface area contributed by atoms with E-state index >= 15 is 0 Å². The van der Waals surface area contributed by atoms with E-state index in [1.807, 2.05) is 6.92 Å². The zero-order chi connectivity index (χ0) is 18.4. The van der Waals surface area contributed by atoms with E-state index in [0.717, 1.165) is 38.7 Å². The second kappa shape index (κ2) is 8.65. The largest absolute Gasteiger partial charge is 0.360 e. The monoisotopic (exact) mass is 377 g/mol. The third-order valence-electron chi connectivity index (χ3n) is 4.15. The van der Waals surface area contributed by atoms with Crippen LogP contribution in [0.5, 0.6) is 0 Å². The number of aliphatic imine (C=N–C) groups is 1. The van der Waals surface area contributed by atoms with Crippen molar-refractivity contribution in [3.05, 3.63) is 40.0 Å². The van der Waals surface area contributed by atoms with Crippen LogP contribution in [0.2, 0.25) is 0 Å². The number of nitrogens with one attached hydrogen (secondary N) is 1. The van der Waals surface area contributed by atoms with Crippen LogP contribution in [0.15, 0.2) is 34.9 Å². The first-order valence-corrected chi connectivity index (χ1v) is 9.54. The maximum absolute atomic E-state index is 10.7. The molecule has 140 valence electrons. The van der Waals surface area contributed by atoms with Crippen LogP contribution in [0, 0.1) is 10.1 Å². The first-order valence-electron chi connectivity index (χ1n) is 8.66. The molecule has 0 aromatic carbocycles. The number of hydrogen-bond donors (Lipinski definition) is 1. The normalized spacial score (nSPS) is 15.3. The van der Waals surface area contributed by atoms with Crippen LogP contribution in [0.1, 0.15) is 6.92 Å². The molecule has 0 bridgehead atoms. The van der Waals surface area contributed by atoms with E-state index in [0.29, 0.717) is 13.1 Å². The molecule has 26 heavy (non-hydrogen) atoms. The number of guanidine groups is 1. The molecule has 1 aliphatic heterocycles. The Morgan fingerprint density at radius 1 is 1.42 bits per heavy atom. The van der Waals surface area contributed by atoms with Crippen molar-refractivity contribution in [2.75, 3.05) is 44.2 Å². The van der Waals surface area contributed by atoms with Crippen LogP contribution >= 0.6 is 11.3 Å². The van der Waals surface area contributed by atoms with Crippen LogP contribution in [0.3, 0.4) is 0 Å². The number of thiophene rings is 1. The summed E-state index contributed by atoms with van der Waals surface area (Å²) in [6.45, 7) is 7.65. The van der Waals surface area contributed by atoms with Gasteiger partial charge in [0.2, 0.25) is 0 Å². The first-order chi connectivity index (χ1) is 12.7. The van der Waals surface area contributed by atoms with Crippen LogP contribution in [0.4, 0.5) is 10.7 Å². The highest BCUT2D eigenvalue weighted by atomic mass is 32.1. The molecule has 10 heteroatoms. The lowest BCUT2D eigenvalue weighted by atomic mass is 10.3. The van der Waals surface area contributed by atoms with Crippen LogP contribution in [-0.4, -0.2) is 64.8 Å². The molecule has 2 aromatic rings. The molecule has 1 aliphatic rings. The van der Waals surface area contributed by atoms with E-state index in [2.05, 4.69) is 42.7 Å². The van der Waals surface area contributed by atoms with Gasteiger partial charge in [-0.2, -0.15) is 5.10 Å². The summed E-state index contributed by atoms with van der Waals surface area (Å²) in [7, 11) is 0. The highest BCUT2D eigenvalue weighted by Gasteiger charge is 2.20. The molecule has 0 aliphatic carbocycles. The summed E-state index contributed by atoms with van der Waals surface area (Å²) in [5.74, 6) is 0.889. The summed E-state index contributed by atoms with van der Waals surface area (Å²) in [6.07, 6.45) is 2.70. The minimum absolute atomic E-state index is 0.00517. The molecule has 2 aromatic heterocycles. The first kappa shape index (κ1) is 18.2. The van der Waals surface area contributed by atoms with E-state index in [1.54, 1.807) is 16.0 Å². The molecule has 1 saturated heterocycles. The molecular weight excluding hydrogens is 354 g/mol. The number of piperazine rings is 1. The lowest BCUT2D eigenvalue weighted by Gasteiger charge is -2.37. The quantitative estimate of drug-likeness (QED) is 0.356. The molecule has 0 unspecified atom stereocenters. The Balaban J connectivity index is 1.54. The van der Waals surface area contributed by atoms with E-state index in [-0.39, 0.29) is 5.69 Å². The van der Waals surface area contributed by atoms with E-state index in [4.69, 9.17) is 0 Å². The molecule has 3 heterocycles. The minimum atomic E-state index is -0.441. The summed E-state index contributed by atoms with van der Waals surface area (Å²) in [5.41, 5.74) is 0.00517. The van der Waals surface area contributed by atoms with E-state index in [9.17, 15) is 10.1 Å². The van der Waals surface area contributed by atoms with Gasteiger partial charge in [0.15, 0.2) is 5.96 Å². The molecule has 3 rings (SSSR count). The fourth-order valence-corrected chi connectivity index (χ4v) is 3.63. The second-order valence-corrected chi connectivity index (χ2v) is 6.81. The van der Waals surface area contributed by atoms with E-state index in [1.165, 1.54) is 17.4 Å². The van der Waals surface area contributed by atoms with Gasteiger partial charge in [-0.25, -0.2) is 0 Å². The Hall–Kier alpha value is -2.62. The van der Waals surface area contributed by atoms with Crippen molar-refractivity contribution in [2.24, 2.45) is 4.99 Å². The number of rotatable bonds is 6. The summed E-state index contributed by atoms with van der Waals surface area (Å²) in [6, 6.07) is 4.24. The van der Waals surface area contributed by atoms with Gasteiger partial charge >= 0.3 is 5.69 Å².